The number of halogens is 1. The van der Waals surface area contributed by atoms with Crippen molar-refractivity contribution >= 4 is 23.3 Å². The minimum absolute atomic E-state index is 0.0239. The summed E-state index contributed by atoms with van der Waals surface area (Å²) in [6.07, 6.45) is 6.53. The molecule has 1 aliphatic carbocycles. The molecule has 2 N–H and O–H groups in total. The first-order valence-corrected chi connectivity index (χ1v) is 12.9. The van der Waals surface area contributed by atoms with E-state index in [4.69, 9.17) is 0 Å². The molecular weight excluding hydrogens is 507 g/mol. The van der Waals surface area contributed by atoms with Crippen LogP contribution in [0.1, 0.15) is 48.3 Å². The third-order valence-electron chi connectivity index (χ3n) is 6.83. The van der Waals surface area contributed by atoms with Gasteiger partial charge in [0.1, 0.15) is 11.6 Å². The molecule has 0 atom stereocenters. The van der Waals surface area contributed by atoms with Gasteiger partial charge in [-0.2, -0.15) is 5.26 Å². The Bertz CT molecular complexity index is 1670. The van der Waals surface area contributed by atoms with Gasteiger partial charge >= 0.3 is 0 Å². The predicted molar refractivity (Wildman–Crippen MR) is 150 cm³/mol. The molecule has 0 radical (unpaired) electrons. The molecule has 4 aromatic rings. The van der Waals surface area contributed by atoms with E-state index in [9.17, 15) is 19.2 Å². The molecule has 0 bridgehead atoms. The largest absolute Gasteiger partial charge is 0.319 e. The van der Waals surface area contributed by atoms with Gasteiger partial charge in [0.05, 0.1) is 28.6 Å². The molecule has 0 aliphatic heterocycles. The summed E-state index contributed by atoms with van der Waals surface area (Å²) in [5.41, 5.74) is 3.46. The minimum Gasteiger partial charge on any atom is -0.319 e. The van der Waals surface area contributed by atoms with Crippen molar-refractivity contribution in [3.63, 3.8) is 0 Å². The number of pyridine rings is 3. The van der Waals surface area contributed by atoms with Crippen LogP contribution in [-0.4, -0.2) is 26.8 Å². The zero-order chi connectivity index (χ0) is 28.4. The minimum atomic E-state index is -0.879. The number of nitrogens with zero attached hydrogens (tertiary/aromatic N) is 4. The van der Waals surface area contributed by atoms with Gasteiger partial charge in [0.25, 0.3) is 5.91 Å². The molecule has 0 saturated heterocycles. The fraction of sp³-hybridized carbons (Fsp3) is 0.226. The maximum Gasteiger partial charge on any atom is 0.255 e. The van der Waals surface area contributed by atoms with Crippen molar-refractivity contribution in [1.82, 2.24) is 15.0 Å². The van der Waals surface area contributed by atoms with Gasteiger partial charge in [0.15, 0.2) is 0 Å². The number of rotatable bonds is 7. The van der Waals surface area contributed by atoms with Crippen molar-refractivity contribution in [2.45, 2.75) is 39.0 Å². The summed E-state index contributed by atoms with van der Waals surface area (Å²) >= 11 is 0. The number of amides is 2. The Kier molecular flexibility index (Phi) is 7.09. The molecule has 3 heterocycles. The van der Waals surface area contributed by atoms with Gasteiger partial charge in [-0.15, -0.1) is 0 Å². The number of hydrogen-bond acceptors (Lipinski definition) is 6. The summed E-state index contributed by atoms with van der Waals surface area (Å²) in [5, 5.41) is 14.9. The molecule has 1 saturated carbocycles. The van der Waals surface area contributed by atoms with Gasteiger partial charge in [-0.05, 0) is 98.8 Å². The van der Waals surface area contributed by atoms with Crippen LogP contribution < -0.4 is 10.6 Å². The first-order valence-electron chi connectivity index (χ1n) is 12.9. The second kappa shape index (κ2) is 10.7. The average molecular weight is 535 g/mol. The lowest BCUT2D eigenvalue weighted by molar-refractivity contribution is -0.117. The van der Waals surface area contributed by atoms with E-state index in [1.165, 1.54) is 24.4 Å². The van der Waals surface area contributed by atoms with Gasteiger partial charge in [-0.25, -0.2) is 9.37 Å². The van der Waals surface area contributed by atoms with Crippen molar-refractivity contribution in [2.75, 3.05) is 10.6 Å². The normalized spacial score (nSPS) is 12.9. The van der Waals surface area contributed by atoms with Crippen molar-refractivity contribution < 1.29 is 14.0 Å². The topological polar surface area (TPSA) is 121 Å². The molecule has 3 aromatic heterocycles. The van der Waals surface area contributed by atoms with E-state index in [1.54, 1.807) is 51.4 Å². The third kappa shape index (κ3) is 5.71. The number of nitriles is 1. The van der Waals surface area contributed by atoms with Gasteiger partial charge in [-0.1, -0.05) is 0 Å². The van der Waals surface area contributed by atoms with Crippen LogP contribution in [-0.2, 0) is 10.2 Å². The Balaban J connectivity index is 1.42. The molecule has 0 unspecified atom stereocenters. The fourth-order valence-electron chi connectivity index (χ4n) is 4.23. The first kappa shape index (κ1) is 26.6. The number of nitrogens with one attached hydrogen (secondary N) is 2. The summed E-state index contributed by atoms with van der Waals surface area (Å²) in [4.78, 5) is 38.1. The Morgan fingerprint density at radius 1 is 0.950 bits per heavy atom. The molecule has 0 spiro atoms. The second-order valence-electron chi connectivity index (χ2n) is 10.4. The average Bonchev–Trinajstić information content (AvgIpc) is 3.81. The van der Waals surface area contributed by atoms with Crippen LogP contribution >= 0.6 is 0 Å². The number of carbonyl (C=O) groups excluding carboxylic acids is 2. The summed E-state index contributed by atoms with van der Waals surface area (Å²) in [5.74, 6) is -0.588. The van der Waals surface area contributed by atoms with Crippen molar-refractivity contribution in [3.05, 3.63) is 89.8 Å². The van der Waals surface area contributed by atoms with Crippen LogP contribution in [0.5, 0.6) is 0 Å². The highest BCUT2D eigenvalue weighted by Crippen LogP contribution is 2.33. The van der Waals surface area contributed by atoms with Crippen LogP contribution in [0.15, 0.2) is 67.1 Å². The zero-order valence-corrected chi connectivity index (χ0v) is 22.3. The van der Waals surface area contributed by atoms with E-state index in [2.05, 4.69) is 31.7 Å². The Labute approximate surface area is 231 Å². The summed E-state index contributed by atoms with van der Waals surface area (Å²) in [6.45, 7) is 5.22. The van der Waals surface area contributed by atoms with Crippen LogP contribution in [0, 0.1) is 30.0 Å². The van der Waals surface area contributed by atoms with E-state index in [0.717, 1.165) is 29.5 Å². The zero-order valence-electron chi connectivity index (χ0n) is 22.3. The lowest BCUT2D eigenvalue weighted by atomic mass is 9.90. The van der Waals surface area contributed by atoms with Gasteiger partial charge < -0.3 is 10.6 Å². The van der Waals surface area contributed by atoms with Crippen LogP contribution in [0.25, 0.3) is 22.4 Å². The molecule has 5 rings (SSSR count). The highest BCUT2D eigenvalue weighted by molar-refractivity contribution is 6.04. The number of hydrogen-bond donors (Lipinski definition) is 2. The molecule has 9 heteroatoms. The van der Waals surface area contributed by atoms with E-state index < -0.39 is 17.1 Å². The highest BCUT2D eigenvalue weighted by atomic mass is 19.1. The maximum absolute atomic E-state index is 15.0. The summed E-state index contributed by atoms with van der Waals surface area (Å²) < 4.78 is 15.0. The molecule has 2 amide bonds. The van der Waals surface area contributed by atoms with Crippen molar-refractivity contribution in [3.8, 4) is 28.5 Å². The SMILES string of the molecule is Cc1cc(F)c(NC(=O)c2ccnc(C(C)(C)C#N)c2)cc1-c1ccnc(-c2ccnc(NC(=O)C3CC3)c2)c1. The number of aromatic nitrogens is 3. The molecular formula is C31H27FN6O2. The smallest absolute Gasteiger partial charge is 0.255 e. The Morgan fingerprint density at radius 3 is 2.42 bits per heavy atom. The Morgan fingerprint density at radius 2 is 1.68 bits per heavy atom. The van der Waals surface area contributed by atoms with Gasteiger partial charge in [0.2, 0.25) is 5.91 Å². The van der Waals surface area contributed by atoms with Gasteiger partial charge in [-0.3, -0.25) is 19.6 Å². The van der Waals surface area contributed by atoms with Crippen molar-refractivity contribution in [2.24, 2.45) is 5.92 Å². The number of anilines is 2. The van der Waals surface area contributed by atoms with E-state index in [1.807, 2.05) is 12.1 Å². The molecule has 1 fully saturated rings. The third-order valence-corrected chi connectivity index (χ3v) is 6.83. The molecule has 40 heavy (non-hydrogen) atoms. The van der Waals surface area contributed by atoms with E-state index in [0.29, 0.717) is 22.8 Å². The monoisotopic (exact) mass is 534 g/mol. The van der Waals surface area contributed by atoms with Crippen molar-refractivity contribution in [1.29, 1.82) is 5.26 Å². The van der Waals surface area contributed by atoms with Gasteiger partial charge in [0, 0.05) is 35.6 Å². The number of aryl methyl sites for hydroxylation is 1. The lowest BCUT2D eigenvalue weighted by Gasteiger charge is -2.16. The lowest BCUT2D eigenvalue weighted by Crippen LogP contribution is -2.19. The maximum atomic E-state index is 15.0. The van der Waals surface area contributed by atoms with E-state index >= 15 is 0 Å². The molecule has 8 nitrogen and oxygen atoms in total. The quantitative estimate of drug-likeness (QED) is 0.298. The number of benzene rings is 1. The standard InChI is InChI=1S/C31H27FN6O2/c1-18-12-24(32)26(37-30(40)22-8-10-35-27(14-22)31(2,3)17-33)16-23(18)20-6-9-34-25(13-20)21-7-11-36-28(15-21)38-29(39)19-4-5-19/h6-16,19H,4-5H2,1-3H3,(H,37,40)(H,36,38,39). The first-order chi connectivity index (χ1) is 19.1. The van der Waals surface area contributed by atoms with Crippen LogP contribution in [0.4, 0.5) is 15.9 Å². The van der Waals surface area contributed by atoms with Crippen LogP contribution in [0.2, 0.25) is 0 Å². The highest BCUT2D eigenvalue weighted by Gasteiger charge is 2.30. The summed E-state index contributed by atoms with van der Waals surface area (Å²) in [6, 6.07) is 15.4. The molecule has 1 aromatic carbocycles. The second-order valence-corrected chi connectivity index (χ2v) is 10.4. The predicted octanol–water partition coefficient (Wildman–Crippen LogP) is 6.06. The molecule has 1 aliphatic rings. The molecule has 200 valence electrons. The summed E-state index contributed by atoms with van der Waals surface area (Å²) in [7, 11) is 0. The van der Waals surface area contributed by atoms with Crippen LogP contribution in [0.3, 0.4) is 0 Å². The Hall–Kier alpha value is -4.97. The number of carbonyl (C=O) groups is 2. The van der Waals surface area contributed by atoms with E-state index in [-0.39, 0.29) is 23.1 Å². The fourth-order valence-corrected chi connectivity index (χ4v) is 4.23.